The van der Waals surface area contributed by atoms with Crippen LogP contribution in [0.1, 0.15) is 30.0 Å². The minimum Gasteiger partial charge on any atom is -0.352 e. The van der Waals surface area contributed by atoms with E-state index in [1.807, 2.05) is 20.8 Å². The molecule has 0 heterocycles. The van der Waals surface area contributed by atoms with Crippen molar-refractivity contribution >= 4 is 15.7 Å². The zero-order valence-electron chi connectivity index (χ0n) is 13.7. The number of benzene rings is 1. The van der Waals surface area contributed by atoms with Crippen LogP contribution >= 0.6 is 0 Å². The molecule has 1 aromatic carbocycles. The molecular weight excluding hydrogens is 300 g/mol. The number of amides is 1. The van der Waals surface area contributed by atoms with E-state index in [-0.39, 0.29) is 24.1 Å². The van der Waals surface area contributed by atoms with Gasteiger partial charge in [-0.3, -0.25) is 4.79 Å². The second kappa shape index (κ2) is 7.74. The molecule has 22 heavy (non-hydrogen) atoms. The summed E-state index contributed by atoms with van der Waals surface area (Å²) in [5.41, 5.74) is 9.29. The van der Waals surface area contributed by atoms with E-state index in [4.69, 9.17) is 5.73 Å². The number of nitrogens with two attached hydrogens (primary N) is 1. The first-order chi connectivity index (χ1) is 10.1. The van der Waals surface area contributed by atoms with Gasteiger partial charge in [-0.1, -0.05) is 29.3 Å². The number of hydrogen-bond acceptors (Lipinski definition) is 4. The molecule has 1 amide bonds. The largest absolute Gasteiger partial charge is 0.352 e. The van der Waals surface area contributed by atoms with Crippen LogP contribution in [0.4, 0.5) is 0 Å². The number of aryl methyl sites for hydroxylation is 2. The SMILES string of the molecule is Cc1cc(C)cc(CC(C)NC(=O)C(N)CCS(C)(=O)=O)c1. The molecule has 5 nitrogen and oxygen atoms in total. The normalized spacial score (nSPS) is 14.4. The van der Waals surface area contributed by atoms with Crippen molar-refractivity contribution in [1.29, 1.82) is 0 Å². The lowest BCUT2D eigenvalue weighted by atomic mass is 10.0. The fourth-order valence-electron chi connectivity index (χ4n) is 2.41. The second-order valence-electron chi connectivity index (χ2n) is 6.13. The molecule has 0 fully saturated rings. The predicted molar refractivity (Wildman–Crippen MR) is 89.5 cm³/mol. The van der Waals surface area contributed by atoms with Crippen molar-refractivity contribution in [2.75, 3.05) is 12.0 Å². The lowest BCUT2D eigenvalue weighted by molar-refractivity contribution is -0.122. The van der Waals surface area contributed by atoms with Gasteiger partial charge in [-0.15, -0.1) is 0 Å². The summed E-state index contributed by atoms with van der Waals surface area (Å²) in [7, 11) is -3.10. The maximum atomic E-state index is 12.0. The van der Waals surface area contributed by atoms with Gasteiger partial charge in [-0.2, -0.15) is 0 Å². The Bertz CT molecular complexity index is 606. The van der Waals surface area contributed by atoms with Crippen molar-refractivity contribution in [2.24, 2.45) is 5.73 Å². The summed E-state index contributed by atoms with van der Waals surface area (Å²) in [6, 6.07) is 5.45. The molecule has 124 valence electrons. The van der Waals surface area contributed by atoms with Crippen molar-refractivity contribution in [1.82, 2.24) is 5.32 Å². The van der Waals surface area contributed by atoms with Crippen molar-refractivity contribution in [3.63, 3.8) is 0 Å². The quantitative estimate of drug-likeness (QED) is 0.785. The van der Waals surface area contributed by atoms with Gasteiger partial charge in [0.15, 0.2) is 0 Å². The first-order valence-electron chi connectivity index (χ1n) is 7.37. The topological polar surface area (TPSA) is 89.3 Å². The molecule has 0 aliphatic rings. The van der Waals surface area contributed by atoms with Gasteiger partial charge in [0.25, 0.3) is 0 Å². The third-order valence-corrected chi connectivity index (χ3v) is 4.33. The van der Waals surface area contributed by atoms with Gasteiger partial charge in [-0.25, -0.2) is 8.42 Å². The molecule has 0 spiro atoms. The molecule has 2 atom stereocenters. The number of carbonyl (C=O) groups is 1. The summed E-state index contributed by atoms with van der Waals surface area (Å²) in [4.78, 5) is 12.0. The summed E-state index contributed by atoms with van der Waals surface area (Å²) in [5, 5.41) is 2.84. The van der Waals surface area contributed by atoms with E-state index in [1.54, 1.807) is 0 Å². The van der Waals surface area contributed by atoms with Crippen LogP contribution in [0.2, 0.25) is 0 Å². The molecule has 1 aromatic rings. The van der Waals surface area contributed by atoms with E-state index < -0.39 is 15.9 Å². The molecule has 0 saturated heterocycles. The zero-order valence-corrected chi connectivity index (χ0v) is 14.5. The van der Waals surface area contributed by atoms with E-state index in [1.165, 1.54) is 11.1 Å². The Hall–Kier alpha value is -1.40. The standard InChI is InChI=1S/C16H26N2O3S/c1-11-7-12(2)9-14(8-11)10-13(3)18-16(19)15(17)5-6-22(4,20)21/h7-9,13,15H,5-6,10,17H2,1-4H3,(H,18,19). The highest BCUT2D eigenvalue weighted by molar-refractivity contribution is 7.90. The first kappa shape index (κ1) is 18.6. The fourth-order valence-corrected chi connectivity index (χ4v) is 3.10. The number of nitrogens with one attached hydrogen (secondary N) is 1. The van der Waals surface area contributed by atoms with Crippen LogP contribution in [0.15, 0.2) is 18.2 Å². The maximum absolute atomic E-state index is 12.0. The Kier molecular flexibility index (Phi) is 6.56. The van der Waals surface area contributed by atoms with Crippen LogP contribution in [-0.2, 0) is 21.1 Å². The minimum atomic E-state index is -3.10. The van der Waals surface area contributed by atoms with Gasteiger partial charge < -0.3 is 11.1 Å². The Balaban J connectivity index is 2.53. The fraction of sp³-hybridized carbons (Fsp3) is 0.562. The number of rotatable bonds is 7. The van der Waals surface area contributed by atoms with Crippen LogP contribution in [0.3, 0.4) is 0 Å². The Morgan fingerprint density at radius 1 is 1.23 bits per heavy atom. The highest BCUT2D eigenvalue weighted by Crippen LogP contribution is 2.11. The average Bonchev–Trinajstić information content (AvgIpc) is 2.33. The van der Waals surface area contributed by atoms with E-state index in [0.29, 0.717) is 6.42 Å². The Morgan fingerprint density at radius 3 is 2.27 bits per heavy atom. The highest BCUT2D eigenvalue weighted by atomic mass is 32.2. The minimum absolute atomic E-state index is 0.0574. The number of sulfone groups is 1. The van der Waals surface area contributed by atoms with Crippen LogP contribution in [-0.4, -0.2) is 38.4 Å². The van der Waals surface area contributed by atoms with Gasteiger partial charge >= 0.3 is 0 Å². The molecule has 0 saturated carbocycles. The predicted octanol–water partition coefficient (Wildman–Crippen LogP) is 1.11. The smallest absolute Gasteiger partial charge is 0.237 e. The molecule has 3 N–H and O–H groups in total. The van der Waals surface area contributed by atoms with Crippen LogP contribution in [0.5, 0.6) is 0 Å². The van der Waals surface area contributed by atoms with Crippen LogP contribution in [0, 0.1) is 13.8 Å². The summed E-state index contributed by atoms with van der Waals surface area (Å²) < 4.78 is 22.2. The lowest BCUT2D eigenvalue weighted by Crippen LogP contribution is -2.45. The van der Waals surface area contributed by atoms with Crippen molar-refractivity contribution < 1.29 is 13.2 Å². The lowest BCUT2D eigenvalue weighted by Gasteiger charge is -2.18. The molecule has 0 radical (unpaired) electrons. The third-order valence-electron chi connectivity index (χ3n) is 3.35. The molecule has 2 unspecified atom stereocenters. The molecule has 6 heteroatoms. The van der Waals surface area contributed by atoms with E-state index >= 15 is 0 Å². The second-order valence-corrected chi connectivity index (χ2v) is 8.39. The van der Waals surface area contributed by atoms with Crippen molar-refractivity contribution in [3.8, 4) is 0 Å². The molecule has 0 aromatic heterocycles. The summed E-state index contributed by atoms with van der Waals surface area (Å²) in [5.74, 6) is -0.381. The van der Waals surface area contributed by atoms with Crippen LogP contribution in [0.25, 0.3) is 0 Å². The Morgan fingerprint density at radius 2 is 1.77 bits per heavy atom. The average molecular weight is 326 g/mol. The Labute approximate surface area is 133 Å². The van der Waals surface area contributed by atoms with Gasteiger partial charge in [0.2, 0.25) is 5.91 Å². The van der Waals surface area contributed by atoms with Gasteiger partial charge in [0, 0.05) is 12.3 Å². The highest BCUT2D eigenvalue weighted by Gasteiger charge is 2.18. The number of carbonyl (C=O) groups excluding carboxylic acids is 1. The van der Waals surface area contributed by atoms with E-state index in [0.717, 1.165) is 11.8 Å². The van der Waals surface area contributed by atoms with Crippen LogP contribution < -0.4 is 11.1 Å². The van der Waals surface area contributed by atoms with E-state index in [2.05, 4.69) is 23.5 Å². The maximum Gasteiger partial charge on any atom is 0.237 e. The monoisotopic (exact) mass is 326 g/mol. The molecule has 1 rings (SSSR count). The van der Waals surface area contributed by atoms with E-state index in [9.17, 15) is 13.2 Å². The molecular formula is C16H26N2O3S. The zero-order chi connectivity index (χ0) is 16.9. The summed E-state index contributed by atoms with van der Waals surface area (Å²) >= 11 is 0. The first-order valence-corrected chi connectivity index (χ1v) is 9.44. The van der Waals surface area contributed by atoms with Gasteiger partial charge in [-0.05, 0) is 39.2 Å². The summed E-state index contributed by atoms with van der Waals surface area (Å²) in [6.07, 6.45) is 1.99. The molecule has 0 aliphatic carbocycles. The third kappa shape index (κ3) is 7.04. The molecule has 0 aliphatic heterocycles. The molecule has 0 bridgehead atoms. The van der Waals surface area contributed by atoms with Crippen molar-refractivity contribution in [2.45, 2.75) is 45.7 Å². The summed E-state index contributed by atoms with van der Waals surface area (Å²) in [6.45, 7) is 6.00. The van der Waals surface area contributed by atoms with Gasteiger partial charge in [0.05, 0.1) is 11.8 Å². The number of hydrogen-bond donors (Lipinski definition) is 2. The van der Waals surface area contributed by atoms with Crippen molar-refractivity contribution in [3.05, 3.63) is 34.9 Å². The van der Waals surface area contributed by atoms with Gasteiger partial charge in [0.1, 0.15) is 9.84 Å².